The number of ketones is 1. The van der Waals surface area contributed by atoms with E-state index in [9.17, 15) is 14.9 Å². The summed E-state index contributed by atoms with van der Waals surface area (Å²) in [6.45, 7) is 8.24. The molecule has 1 aliphatic rings. The molecule has 196 valence electrons. The Morgan fingerprint density at radius 3 is 2.45 bits per heavy atom. The number of aromatic nitrogens is 1. The summed E-state index contributed by atoms with van der Waals surface area (Å²) in [5.41, 5.74) is 6.80. The Morgan fingerprint density at radius 2 is 1.82 bits per heavy atom. The van der Waals surface area contributed by atoms with Crippen LogP contribution in [0.1, 0.15) is 73.4 Å². The van der Waals surface area contributed by atoms with E-state index < -0.39 is 5.91 Å². The van der Waals surface area contributed by atoms with Crippen LogP contribution in [0.4, 0.5) is 0 Å². The molecule has 0 saturated carbocycles. The van der Waals surface area contributed by atoms with E-state index in [-0.39, 0.29) is 44.9 Å². The molecule has 0 radical (unpaired) electrons. The fraction of sp³-hybridized carbons (Fsp3) is 0.333. The average molecular weight is 532 g/mol. The van der Waals surface area contributed by atoms with E-state index in [0.717, 1.165) is 12.8 Å². The van der Waals surface area contributed by atoms with Crippen molar-refractivity contribution in [3.63, 3.8) is 0 Å². The molecule has 38 heavy (non-hydrogen) atoms. The van der Waals surface area contributed by atoms with Crippen LogP contribution < -0.4 is 10.5 Å². The molecule has 1 fully saturated rings. The van der Waals surface area contributed by atoms with Gasteiger partial charge in [-0.1, -0.05) is 23.7 Å². The molecule has 7 nitrogen and oxygen atoms in total. The first-order valence-electron chi connectivity index (χ1n) is 12.4. The number of rotatable bonds is 7. The third-order valence-corrected chi connectivity index (χ3v) is 6.82. The van der Waals surface area contributed by atoms with Gasteiger partial charge in [-0.15, -0.1) is 0 Å². The Balaban J connectivity index is 1.55. The Morgan fingerprint density at radius 1 is 1.11 bits per heavy atom. The third-order valence-electron chi connectivity index (χ3n) is 6.52. The second-order valence-corrected chi connectivity index (χ2v) is 11.3. The van der Waals surface area contributed by atoms with E-state index >= 15 is 0 Å². The Bertz CT molecular complexity index is 1430. The fourth-order valence-electron chi connectivity index (χ4n) is 5.40. The number of nitrogens with two attached hydrogens (primary N) is 1. The molecule has 1 saturated heterocycles. The minimum absolute atomic E-state index is 0.0135. The summed E-state index contributed by atoms with van der Waals surface area (Å²) in [6.07, 6.45) is 3.48. The lowest BCUT2D eigenvalue weighted by molar-refractivity contribution is -0.171. The van der Waals surface area contributed by atoms with Crippen molar-refractivity contribution in [2.75, 3.05) is 0 Å². The quantitative estimate of drug-likeness (QED) is 0.338. The minimum Gasteiger partial charge on any atom is -0.454 e. The zero-order valence-corrected chi connectivity index (χ0v) is 22.6. The van der Waals surface area contributed by atoms with Crippen LogP contribution in [0, 0.1) is 17.2 Å². The van der Waals surface area contributed by atoms with E-state index in [4.69, 9.17) is 26.8 Å². The highest BCUT2D eigenvalue weighted by Crippen LogP contribution is 2.41. The van der Waals surface area contributed by atoms with Crippen LogP contribution in [0.25, 0.3) is 11.1 Å². The van der Waals surface area contributed by atoms with E-state index in [2.05, 4.69) is 38.7 Å². The van der Waals surface area contributed by atoms with Crippen molar-refractivity contribution < 1.29 is 19.1 Å². The Hall–Kier alpha value is -3.73. The Kier molecular flexibility index (Phi) is 7.59. The van der Waals surface area contributed by atoms with Crippen LogP contribution in [0.5, 0.6) is 11.5 Å². The number of primary amides is 1. The van der Waals surface area contributed by atoms with E-state index in [1.807, 2.05) is 0 Å². The van der Waals surface area contributed by atoms with Crippen molar-refractivity contribution in [1.29, 1.82) is 5.26 Å². The zero-order chi connectivity index (χ0) is 27.7. The van der Waals surface area contributed by atoms with Crippen molar-refractivity contribution in [3.05, 3.63) is 76.6 Å². The molecule has 1 amide bonds. The first-order valence-corrected chi connectivity index (χ1v) is 12.8. The molecule has 2 N–H and O–H groups in total. The SMILES string of the molecule is CC1(C)CC(CC(=O)c2ccc(Oc3cccc(-c4ccnc(C(N)=O)c4)c3C#N)c(Cl)c2)CC(C)(C)O1. The van der Waals surface area contributed by atoms with Crippen molar-refractivity contribution in [2.24, 2.45) is 11.7 Å². The molecule has 1 aromatic heterocycles. The number of benzene rings is 2. The van der Waals surface area contributed by atoms with Crippen LogP contribution in [0.3, 0.4) is 0 Å². The standard InChI is InChI=1S/C30H30ClN3O4/c1-29(2)15-18(16-30(3,4)38-29)12-25(35)20-8-9-27(23(31)13-20)37-26-7-5-6-21(22(26)17-32)19-10-11-34-24(14-19)28(33)36/h5-11,13-14,18H,12,15-16H2,1-4H3,(H2,33,36). The van der Waals surface area contributed by atoms with Gasteiger partial charge in [0.1, 0.15) is 28.8 Å². The van der Waals surface area contributed by atoms with Crippen LogP contribution in [-0.2, 0) is 4.74 Å². The predicted octanol–water partition coefficient (Wildman–Crippen LogP) is 6.72. The summed E-state index contributed by atoms with van der Waals surface area (Å²) in [5.74, 6) is 0.163. The van der Waals surface area contributed by atoms with Crippen molar-refractivity contribution in [2.45, 2.75) is 58.2 Å². The molecule has 8 heteroatoms. The van der Waals surface area contributed by atoms with Crippen molar-refractivity contribution >= 4 is 23.3 Å². The van der Waals surface area contributed by atoms with Gasteiger partial charge in [-0.25, -0.2) is 0 Å². The van der Waals surface area contributed by atoms with Gasteiger partial charge in [0.25, 0.3) is 5.91 Å². The predicted molar refractivity (Wildman–Crippen MR) is 145 cm³/mol. The van der Waals surface area contributed by atoms with Gasteiger partial charge in [0.15, 0.2) is 5.78 Å². The maximum atomic E-state index is 13.1. The van der Waals surface area contributed by atoms with Crippen LogP contribution in [0.15, 0.2) is 54.7 Å². The van der Waals surface area contributed by atoms with Gasteiger partial charge in [0, 0.05) is 23.7 Å². The lowest BCUT2D eigenvalue weighted by Gasteiger charge is -2.45. The molecular formula is C30H30ClN3O4. The maximum absolute atomic E-state index is 13.1. The number of halogens is 1. The van der Waals surface area contributed by atoms with Gasteiger partial charge in [0.05, 0.1) is 16.2 Å². The molecule has 0 bridgehead atoms. The van der Waals surface area contributed by atoms with Gasteiger partial charge in [-0.05, 0) is 88.4 Å². The molecule has 1 aliphatic heterocycles. The van der Waals surface area contributed by atoms with Gasteiger partial charge < -0.3 is 15.2 Å². The number of hydrogen-bond acceptors (Lipinski definition) is 6. The molecule has 0 aliphatic carbocycles. The summed E-state index contributed by atoms with van der Waals surface area (Å²) in [6, 6.07) is 15.4. The number of hydrogen-bond donors (Lipinski definition) is 1. The van der Waals surface area contributed by atoms with E-state index in [0.29, 0.717) is 28.9 Å². The zero-order valence-electron chi connectivity index (χ0n) is 21.9. The summed E-state index contributed by atoms with van der Waals surface area (Å²) in [4.78, 5) is 28.6. The topological polar surface area (TPSA) is 115 Å². The second-order valence-electron chi connectivity index (χ2n) is 10.9. The smallest absolute Gasteiger partial charge is 0.267 e. The summed E-state index contributed by atoms with van der Waals surface area (Å²) in [7, 11) is 0. The number of amides is 1. The lowest BCUT2D eigenvalue weighted by Crippen LogP contribution is -2.45. The number of nitrogens with zero attached hydrogens (tertiary/aromatic N) is 2. The van der Waals surface area contributed by atoms with Gasteiger partial charge in [0.2, 0.25) is 0 Å². The van der Waals surface area contributed by atoms with Crippen molar-refractivity contribution in [3.8, 4) is 28.7 Å². The number of pyridine rings is 1. The van der Waals surface area contributed by atoms with Gasteiger partial charge in [-0.2, -0.15) is 5.26 Å². The molecule has 0 atom stereocenters. The maximum Gasteiger partial charge on any atom is 0.267 e. The highest BCUT2D eigenvalue weighted by Gasteiger charge is 2.39. The number of Topliss-reactive ketones (excluding diaryl/α,β-unsaturated/α-hetero) is 1. The summed E-state index contributed by atoms with van der Waals surface area (Å²) in [5, 5.41) is 10.2. The first-order chi connectivity index (χ1) is 17.9. The number of ether oxygens (including phenoxy) is 2. The molecule has 3 aromatic rings. The largest absolute Gasteiger partial charge is 0.454 e. The lowest BCUT2D eigenvalue weighted by atomic mass is 9.78. The molecule has 2 aromatic carbocycles. The van der Waals surface area contributed by atoms with Crippen LogP contribution >= 0.6 is 11.6 Å². The first kappa shape index (κ1) is 27.3. The minimum atomic E-state index is -0.663. The average Bonchev–Trinajstić information content (AvgIpc) is 2.83. The number of carbonyl (C=O) groups is 2. The fourth-order valence-corrected chi connectivity index (χ4v) is 5.62. The second kappa shape index (κ2) is 10.6. The molecule has 0 unspecified atom stereocenters. The number of nitriles is 1. The van der Waals surface area contributed by atoms with Crippen molar-refractivity contribution in [1.82, 2.24) is 4.98 Å². The normalized spacial score (nSPS) is 16.4. The Labute approximate surface area is 227 Å². The monoisotopic (exact) mass is 531 g/mol. The molecule has 2 heterocycles. The van der Waals surface area contributed by atoms with Crippen LogP contribution in [-0.4, -0.2) is 27.9 Å². The highest BCUT2D eigenvalue weighted by atomic mass is 35.5. The van der Waals surface area contributed by atoms with E-state index in [1.54, 1.807) is 42.5 Å². The van der Waals surface area contributed by atoms with Gasteiger partial charge >= 0.3 is 0 Å². The molecule has 4 rings (SSSR count). The molecular weight excluding hydrogens is 502 g/mol. The van der Waals surface area contributed by atoms with E-state index in [1.165, 1.54) is 12.3 Å². The molecule has 0 spiro atoms. The van der Waals surface area contributed by atoms with Crippen LogP contribution in [0.2, 0.25) is 5.02 Å². The highest BCUT2D eigenvalue weighted by molar-refractivity contribution is 6.32. The summed E-state index contributed by atoms with van der Waals surface area (Å²) < 4.78 is 12.2. The third kappa shape index (κ3) is 6.21. The summed E-state index contributed by atoms with van der Waals surface area (Å²) >= 11 is 6.52. The number of carbonyl (C=O) groups excluding carboxylic acids is 2. The van der Waals surface area contributed by atoms with Gasteiger partial charge in [-0.3, -0.25) is 14.6 Å².